The number of allylic oxidation sites excluding steroid dienone is 2. The summed E-state index contributed by atoms with van der Waals surface area (Å²) in [5, 5.41) is 2.06. The molecule has 0 spiro atoms. The minimum atomic E-state index is 0.0874. The number of carbonyl (C=O) groups is 1. The summed E-state index contributed by atoms with van der Waals surface area (Å²) in [6.07, 6.45) is 2.59. The van der Waals surface area contributed by atoms with Gasteiger partial charge in [0, 0.05) is 16.3 Å². The summed E-state index contributed by atoms with van der Waals surface area (Å²) >= 11 is 0. The number of ether oxygens (including phenoxy) is 2. The van der Waals surface area contributed by atoms with E-state index in [0.29, 0.717) is 6.42 Å². The van der Waals surface area contributed by atoms with Gasteiger partial charge in [0.25, 0.3) is 0 Å². The van der Waals surface area contributed by atoms with Gasteiger partial charge in [-0.25, -0.2) is 0 Å². The molecule has 0 saturated heterocycles. The third kappa shape index (κ3) is 2.84. The maximum Gasteiger partial charge on any atom is 0.155 e. The zero-order valence-electron chi connectivity index (χ0n) is 13.8. The van der Waals surface area contributed by atoms with E-state index in [1.165, 1.54) is 0 Å². The Hall–Kier alpha value is -2.29. The topological polar surface area (TPSA) is 35.5 Å². The van der Waals surface area contributed by atoms with E-state index in [1.54, 1.807) is 21.1 Å². The predicted octanol–water partition coefficient (Wildman–Crippen LogP) is 4.24. The van der Waals surface area contributed by atoms with Crippen molar-refractivity contribution in [2.75, 3.05) is 14.2 Å². The number of hydrogen-bond donors (Lipinski definition) is 0. The molecule has 2 aromatic rings. The van der Waals surface area contributed by atoms with Crippen molar-refractivity contribution in [3.05, 3.63) is 47.0 Å². The van der Waals surface area contributed by atoms with Gasteiger partial charge in [-0.15, -0.1) is 0 Å². The third-order valence-corrected chi connectivity index (χ3v) is 4.06. The first kappa shape index (κ1) is 16.1. The highest BCUT2D eigenvalue weighted by Gasteiger charge is 2.17. The number of methoxy groups -OCH3 is 2. The molecule has 0 saturated carbocycles. The van der Waals surface area contributed by atoms with Crippen LogP contribution in [0.5, 0.6) is 11.5 Å². The Morgan fingerprint density at radius 2 is 1.59 bits per heavy atom. The first-order valence-electron chi connectivity index (χ1n) is 7.31. The second-order valence-electron chi connectivity index (χ2n) is 5.36. The summed E-state index contributed by atoms with van der Waals surface area (Å²) in [6, 6.07) is 8.04. The van der Waals surface area contributed by atoms with E-state index in [1.807, 2.05) is 44.2 Å². The molecule has 0 atom stereocenters. The molecule has 0 radical (unpaired) electrons. The van der Waals surface area contributed by atoms with E-state index in [-0.39, 0.29) is 5.78 Å². The van der Waals surface area contributed by atoms with Crippen molar-refractivity contribution in [3.63, 3.8) is 0 Å². The fourth-order valence-electron chi connectivity index (χ4n) is 2.69. The fourth-order valence-corrected chi connectivity index (χ4v) is 2.69. The molecule has 0 bridgehead atoms. The zero-order chi connectivity index (χ0) is 16.3. The Kier molecular flexibility index (Phi) is 4.86. The van der Waals surface area contributed by atoms with E-state index >= 15 is 0 Å². The van der Waals surface area contributed by atoms with Gasteiger partial charge in [0.1, 0.15) is 11.5 Å². The van der Waals surface area contributed by atoms with Crippen LogP contribution in [0.3, 0.4) is 0 Å². The molecule has 22 heavy (non-hydrogen) atoms. The van der Waals surface area contributed by atoms with Crippen molar-refractivity contribution in [1.29, 1.82) is 0 Å². The highest BCUT2D eigenvalue weighted by molar-refractivity contribution is 5.96. The molecule has 0 aliphatic rings. The van der Waals surface area contributed by atoms with E-state index in [4.69, 9.17) is 9.47 Å². The summed E-state index contributed by atoms with van der Waals surface area (Å²) in [5.74, 6) is 1.80. The summed E-state index contributed by atoms with van der Waals surface area (Å²) < 4.78 is 11.3. The molecule has 0 amide bonds. The second kappa shape index (κ2) is 6.65. The third-order valence-electron chi connectivity index (χ3n) is 4.06. The van der Waals surface area contributed by atoms with Gasteiger partial charge in [-0.1, -0.05) is 30.3 Å². The van der Waals surface area contributed by atoms with Crippen LogP contribution in [0.2, 0.25) is 0 Å². The molecule has 0 N–H and O–H groups in total. The number of Topliss-reactive ketones (excluding diaryl/α,β-unsaturated/α-hetero) is 1. The summed E-state index contributed by atoms with van der Waals surface area (Å²) in [6.45, 7) is 5.44. The lowest BCUT2D eigenvalue weighted by Crippen LogP contribution is -2.01. The van der Waals surface area contributed by atoms with Gasteiger partial charge in [0.05, 0.1) is 14.2 Å². The predicted molar refractivity (Wildman–Crippen MR) is 89.9 cm³/mol. The Morgan fingerprint density at radius 1 is 1.05 bits per heavy atom. The molecule has 0 aromatic heterocycles. The summed E-state index contributed by atoms with van der Waals surface area (Å²) in [7, 11) is 3.36. The van der Waals surface area contributed by atoms with Gasteiger partial charge in [-0.05, 0) is 38.3 Å². The molecule has 2 rings (SSSR count). The number of carbonyl (C=O) groups excluding carboxylic acids is 1. The fraction of sp³-hybridized carbons (Fsp3) is 0.316. The Bertz CT molecular complexity index is 742. The maximum atomic E-state index is 11.4. The van der Waals surface area contributed by atoms with Crippen molar-refractivity contribution in [1.82, 2.24) is 0 Å². The highest BCUT2D eigenvalue weighted by atomic mass is 16.5. The van der Waals surface area contributed by atoms with Crippen molar-refractivity contribution in [2.45, 2.75) is 27.2 Å². The molecule has 116 valence electrons. The van der Waals surface area contributed by atoms with E-state index in [2.05, 4.69) is 0 Å². The zero-order valence-corrected chi connectivity index (χ0v) is 13.8. The molecule has 0 unspecified atom stereocenters. The minimum Gasteiger partial charge on any atom is -0.496 e. The van der Waals surface area contributed by atoms with E-state index in [9.17, 15) is 4.79 Å². The van der Waals surface area contributed by atoms with Crippen LogP contribution in [0.25, 0.3) is 10.8 Å². The number of rotatable bonds is 5. The Balaban J connectivity index is 2.69. The first-order chi connectivity index (χ1) is 10.5. The molecule has 0 aliphatic carbocycles. The van der Waals surface area contributed by atoms with Gasteiger partial charge < -0.3 is 9.47 Å². The van der Waals surface area contributed by atoms with E-state index < -0.39 is 0 Å². The summed E-state index contributed by atoms with van der Waals surface area (Å²) in [4.78, 5) is 11.4. The molecule has 0 heterocycles. The monoisotopic (exact) mass is 298 g/mol. The number of ketones is 1. The van der Waals surface area contributed by atoms with Crippen LogP contribution in [-0.2, 0) is 11.2 Å². The SMILES string of the molecule is COc1c(C)c(C/C=C(\C)C(C)=O)c(OC)c2ccccc12. The standard InChI is InChI=1S/C19H22O3/c1-12(14(3)20)10-11-15-13(2)18(21-4)16-8-6-7-9-17(16)19(15)22-5/h6-10H,11H2,1-5H3/b12-10+. The second-order valence-corrected chi connectivity index (χ2v) is 5.36. The van der Waals surface area contributed by atoms with Crippen LogP contribution in [0.4, 0.5) is 0 Å². The van der Waals surface area contributed by atoms with Crippen LogP contribution in [-0.4, -0.2) is 20.0 Å². The quantitative estimate of drug-likeness (QED) is 0.774. The van der Waals surface area contributed by atoms with Gasteiger partial charge >= 0.3 is 0 Å². The largest absolute Gasteiger partial charge is 0.496 e. The van der Waals surface area contributed by atoms with Crippen molar-refractivity contribution >= 4 is 16.6 Å². The smallest absolute Gasteiger partial charge is 0.155 e. The molecule has 3 nitrogen and oxygen atoms in total. The van der Waals surface area contributed by atoms with Gasteiger partial charge in [0.2, 0.25) is 0 Å². The number of fused-ring (bicyclic) bond motifs is 1. The minimum absolute atomic E-state index is 0.0874. The van der Waals surface area contributed by atoms with Crippen molar-refractivity contribution < 1.29 is 14.3 Å². The average molecular weight is 298 g/mol. The molecule has 3 heteroatoms. The molecular weight excluding hydrogens is 276 g/mol. The lowest BCUT2D eigenvalue weighted by atomic mass is 9.95. The average Bonchev–Trinajstić information content (AvgIpc) is 2.52. The first-order valence-corrected chi connectivity index (χ1v) is 7.31. The maximum absolute atomic E-state index is 11.4. The van der Waals surface area contributed by atoms with Crippen molar-refractivity contribution in [3.8, 4) is 11.5 Å². The van der Waals surface area contributed by atoms with Crippen LogP contribution in [0, 0.1) is 6.92 Å². The van der Waals surface area contributed by atoms with E-state index in [0.717, 1.165) is 39.0 Å². The normalized spacial score (nSPS) is 11.6. The van der Waals surface area contributed by atoms with Crippen LogP contribution in [0.1, 0.15) is 25.0 Å². The molecule has 2 aromatic carbocycles. The highest BCUT2D eigenvalue weighted by Crippen LogP contribution is 2.40. The lowest BCUT2D eigenvalue weighted by Gasteiger charge is -2.18. The van der Waals surface area contributed by atoms with Crippen LogP contribution in [0.15, 0.2) is 35.9 Å². The molecule has 0 fully saturated rings. The van der Waals surface area contributed by atoms with Gasteiger partial charge in [-0.2, -0.15) is 0 Å². The Morgan fingerprint density at radius 3 is 2.09 bits per heavy atom. The molecular formula is C19H22O3. The molecule has 0 aliphatic heterocycles. The number of hydrogen-bond acceptors (Lipinski definition) is 3. The lowest BCUT2D eigenvalue weighted by molar-refractivity contribution is -0.113. The summed E-state index contributed by atoms with van der Waals surface area (Å²) in [5.41, 5.74) is 2.86. The van der Waals surface area contributed by atoms with Crippen LogP contribution >= 0.6 is 0 Å². The van der Waals surface area contributed by atoms with Gasteiger partial charge in [-0.3, -0.25) is 4.79 Å². The van der Waals surface area contributed by atoms with Crippen molar-refractivity contribution in [2.24, 2.45) is 0 Å². The Labute approximate surface area is 131 Å². The van der Waals surface area contributed by atoms with Crippen LogP contribution < -0.4 is 9.47 Å². The number of benzene rings is 2. The van der Waals surface area contributed by atoms with Gasteiger partial charge in [0.15, 0.2) is 5.78 Å².